The smallest absolute Gasteiger partial charge is 0.161 e. The molecular weight excluding hydrogens is 206 g/mol. The van der Waals surface area contributed by atoms with Crippen LogP contribution in [0.1, 0.15) is 25.5 Å². The van der Waals surface area contributed by atoms with Crippen molar-refractivity contribution in [3.63, 3.8) is 0 Å². The number of likely N-dealkylation sites (N-methyl/N-ethyl adjacent to an activating group) is 1. The van der Waals surface area contributed by atoms with E-state index in [1.54, 1.807) is 19.2 Å². The first-order valence-electron chi connectivity index (χ1n) is 5.36. The summed E-state index contributed by atoms with van der Waals surface area (Å²) in [7, 11) is 1.77. The van der Waals surface area contributed by atoms with E-state index in [4.69, 9.17) is 4.74 Å². The maximum absolute atomic E-state index is 9.77. The van der Waals surface area contributed by atoms with E-state index in [0.717, 1.165) is 5.56 Å². The van der Waals surface area contributed by atoms with E-state index in [9.17, 15) is 10.2 Å². The zero-order valence-corrected chi connectivity index (χ0v) is 9.90. The summed E-state index contributed by atoms with van der Waals surface area (Å²) in [4.78, 5) is 0. The molecule has 0 fully saturated rings. The summed E-state index contributed by atoms with van der Waals surface area (Å²) in [6.45, 7) is 4.23. The number of benzene rings is 1. The predicted molar refractivity (Wildman–Crippen MR) is 62.8 cm³/mol. The molecule has 0 radical (unpaired) electrons. The maximum atomic E-state index is 9.77. The van der Waals surface area contributed by atoms with Gasteiger partial charge in [0, 0.05) is 6.54 Å². The van der Waals surface area contributed by atoms with Crippen LogP contribution in [0.25, 0.3) is 0 Å². The number of aromatic hydroxyl groups is 1. The molecule has 4 heteroatoms. The van der Waals surface area contributed by atoms with Crippen LogP contribution in [0.2, 0.25) is 0 Å². The van der Waals surface area contributed by atoms with E-state index < -0.39 is 6.10 Å². The van der Waals surface area contributed by atoms with Crippen LogP contribution in [0.3, 0.4) is 0 Å². The number of phenolic OH excluding ortho intramolecular Hbond substituents is 1. The Labute approximate surface area is 95.9 Å². The average molecular weight is 225 g/mol. The Morgan fingerprint density at radius 1 is 1.38 bits per heavy atom. The number of rotatable bonds is 5. The molecule has 4 nitrogen and oxygen atoms in total. The zero-order valence-electron chi connectivity index (χ0n) is 9.90. The van der Waals surface area contributed by atoms with Gasteiger partial charge in [-0.1, -0.05) is 6.07 Å². The van der Waals surface area contributed by atoms with Gasteiger partial charge in [0.2, 0.25) is 0 Å². The highest BCUT2D eigenvalue weighted by atomic mass is 16.5. The number of hydrogen-bond acceptors (Lipinski definition) is 4. The molecule has 1 atom stereocenters. The van der Waals surface area contributed by atoms with Crippen molar-refractivity contribution in [2.75, 3.05) is 13.6 Å². The molecule has 0 spiro atoms. The third-order valence-corrected chi connectivity index (χ3v) is 2.13. The summed E-state index contributed by atoms with van der Waals surface area (Å²) < 4.78 is 5.43. The normalized spacial score (nSPS) is 12.8. The molecule has 0 aliphatic heterocycles. The molecule has 0 amide bonds. The Morgan fingerprint density at radius 2 is 2.06 bits per heavy atom. The standard InChI is InChI=1S/C12H19NO3/c1-8(2)16-12-6-9(4-5-10(12)14)11(15)7-13-3/h4-6,8,11,13-15H,7H2,1-3H3. The fourth-order valence-corrected chi connectivity index (χ4v) is 1.40. The number of nitrogens with one attached hydrogen (secondary N) is 1. The van der Waals surface area contributed by atoms with Gasteiger partial charge in [0.15, 0.2) is 11.5 Å². The van der Waals surface area contributed by atoms with Crippen molar-refractivity contribution in [1.82, 2.24) is 5.32 Å². The lowest BCUT2D eigenvalue weighted by Crippen LogP contribution is -2.16. The Hall–Kier alpha value is -1.26. The highest BCUT2D eigenvalue weighted by molar-refractivity contribution is 5.42. The van der Waals surface area contributed by atoms with Gasteiger partial charge in [-0.2, -0.15) is 0 Å². The van der Waals surface area contributed by atoms with Crippen molar-refractivity contribution >= 4 is 0 Å². The van der Waals surface area contributed by atoms with Crippen molar-refractivity contribution in [3.8, 4) is 11.5 Å². The van der Waals surface area contributed by atoms with Gasteiger partial charge >= 0.3 is 0 Å². The lowest BCUT2D eigenvalue weighted by molar-refractivity contribution is 0.176. The summed E-state index contributed by atoms with van der Waals surface area (Å²) in [6, 6.07) is 4.88. The topological polar surface area (TPSA) is 61.7 Å². The van der Waals surface area contributed by atoms with Gasteiger partial charge in [-0.25, -0.2) is 0 Å². The van der Waals surface area contributed by atoms with Gasteiger partial charge in [0.1, 0.15) is 0 Å². The summed E-state index contributed by atoms with van der Waals surface area (Å²) >= 11 is 0. The van der Waals surface area contributed by atoms with Crippen molar-refractivity contribution in [2.45, 2.75) is 26.1 Å². The van der Waals surface area contributed by atoms with Crippen molar-refractivity contribution in [1.29, 1.82) is 0 Å². The van der Waals surface area contributed by atoms with Crippen LogP contribution < -0.4 is 10.1 Å². The molecule has 1 aromatic carbocycles. The van der Waals surface area contributed by atoms with Crippen molar-refractivity contribution in [3.05, 3.63) is 23.8 Å². The first-order chi connectivity index (χ1) is 7.54. The van der Waals surface area contributed by atoms with Crippen molar-refractivity contribution < 1.29 is 14.9 Å². The largest absolute Gasteiger partial charge is 0.504 e. The molecule has 0 heterocycles. The number of aliphatic hydroxyl groups is 1. The summed E-state index contributed by atoms with van der Waals surface area (Å²) in [6.07, 6.45) is -0.609. The molecule has 0 saturated carbocycles. The Kier molecular flexibility index (Phi) is 4.58. The van der Waals surface area contributed by atoms with Crippen LogP contribution in [-0.2, 0) is 0 Å². The lowest BCUT2D eigenvalue weighted by atomic mass is 10.1. The minimum Gasteiger partial charge on any atom is -0.504 e. The minimum absolute atomic E-state index is 0.0115. The molecular formula is C12H19NO3. The van der Waals surface area contributed by atoms with Crippen LogP contribution in [0.15, 0.2) is 18.2 Å². The van der Waals surface area contributed by atoms with Crippen LogP contribution in [0, 0.1) is 0 Å². The first-order valence-corrected chi connectivity index (χ1v) is 5.36. The Morgan fingerprint density at radius 3 is 2.62 bits per heavy atom. The molecule has 90 valence electrons. The molecule has 0 aliphatic rings. The number of aliphatic hydroxyl groups excluding tert-OH is 1. The second kappa shape index (κ2) is 5.72. The average Bonchev–Trinajstić information content (AvgIpc) is 2.21. The van der Waals surface area contributed by atoms with Gasteiger partial charge in [-0.05, 0) is 38.6 Å². The maximum Gasteiger partial charge on any atom is 0.161 e. The third kappa shape index (κ3) is 3.40. The molecule has 1 rings (SSSR count). The van der Waals surface area contributed by atoms with E-state index >= 15 is 0 Å². The second-order valence-electron chi connectivity index (χ2n) is 3.97. The third-order valence-electron chi connectivity index (χ3n) is 2.13. The van der Waals surface area contributed by atoms with Gasteiger partial charge in [-0.15, -0.1) is 0 Å². The molecule has 0 saturated heterocycles. The van der Waals surface area contributed by atoms with Crippen LogP contribution in [-0.4, -0.2) is 29.9 Å². The van der Waals surface area contributed by atoms with Crippen LogP contribution in [0.5, 0.6) is 11.5 Å². The lowest BCUT2D eigenvalue weighted by Gasteiger charge is -2.15. The van der Waals surface area contributed by atoms with E-state index in [1.807, 2.05) is 13.8 Å². The summed E-state index contributed by atoms with van der Waals surface area (Å²) in [5.74, 6) is 0.497. The highest BCUT2D eigenvalue weighted by Crippen LogP contribution is 2.29. The number of phenols is 1. The molecule has 1 aromatic rings. The van der Waals surface area contributed by atoms with E-state index in [1.165, 1.54) is 6.07 Å². The monoisotopic (exact) mass is 225 g/mol. The fraction of sp³-hybridized carbons (Fsp3) is 0.500. The number of ether oxygens (including phenoxy) is 1. The summed E-state index contributed by atoms with van der Waals surface area (Å²) in [5.41, 5.74) is 0.725. The fourth-order valence-electron chi connectivity index (χ4n) is 1.40. The van der Waals surface area contributed by atoms with Gasteiger partial charge in [-0.3, -0.25) is 0 Å². The van der Waals surface area contributed by atoms with E-state index in [-0.39, 0.29) is 11.9 Å². The molecule has 3 N–H and O–H groups in total. The second-order valence-corrected chi connectivity index (χ2v) is 3.97. The molecule has 0 bridgehead atoms. The summed E-state index contributed by atoms with van der Waals surface area (Å²) in [5, 5.41) is 22.2. The van der Waals surface area contributed by atoms with Gasteiger partial charge < -0.3 is 20.3 Å². The van der Waals surface area contributed by atoms with Crippen LogP contribution in [0.4, 0.5) is 0 Å². The van der Waals surface area contributed by atoms with E-state index in [0.29, 0.717) is 12.3 Å². The molecule has 0 aliphatic carbocycles. The SMILES string of the molecule is CNCC(O)c1ccc(O)c(OC(C)C)c1. The highest BCUT2D eigenvalue weighted by Gasteiger charge is 2.11. The predicted octanol–water partition coefficient (Wildman–Crippen LogP) is 1.43. The molecule has 1 unspecified atom stereocenters. The van der Waals surface area contributed by atoms with Crippen LogP contribution >= 0.6 is 0 Å². The molecule has 0 aromatic heterocycles. The van der Waals surface area contributed by atoms with Gasteiger partial charge in [0.05, 0.1) is 12.2 Å². The first kappa shape index (κ1) is 12.8. The minimum atomic E-state index is -0.597. The van der Waals surface area contributed by atoms with E-state index in [2.05, 4.69) is 5.32 Å². The number of hydrogen-bond donors (Lipinski definition) is 3. The van der Waals surface area contributed by atoms with Crippen molar-refractivity contribution in [2.24, 2.45) is 0 Å². The molecule has 16 heavy (non-hydrogen) atoms. The van der Waals surface area contributed by atoms with Gasteiger partial charge in [0.25, 0.3) is 0 Å². The Bertz CT molecular complexity index is 339. The zero-order chi connectivity index (χ0) is 12.1. The Balaban J connectivity index is 2.88. The quantitative estimate of drug-likeness (QED) is 0.709.